The second-order valence-corrected chi connectivity index (χ2v) is 8.35. The molecule has 1 aromatic carbocycles. The van der Waals surface area contributed by atoms with Crippen LogP contribution in [0.25, 0.3) is 10.9 Å². The monoisotopic (exact) mass is 464 g/mol. The molecule has 4 rings (SSSR count). The number of piperazine rings is 1. The first-order chi connectivity index (χ1) is 16.4. The molecule has 1 fully saturated rings. The quantitative estimate of drug-likeness (QED) is 0.520. The number of benzene rings is 1. The topological polar surface area (TPSA) is 120 Å². The van der Waals surface area contributed by atoms with Gasteiger partial charge >= 0.3 is 5.69 Å². The molecule has 1 amide bonds. The summed E-state index contributed by atoms with van der Waals surface area (Å²) in [6.45, 7) is 7.59. The van der Waals surface area contributed by atoms with Crippen molar-refractivity contribution >= 4 is 28.8 Å². The van der Waals surface area contributed by atoms with Gasteiger partial charge in [-0.05, 0) is 43.7 Å². The Kier molecular flexibility index (Phi) is 6.60. The highest BCUT2D eigenvalue weighted by atomic mass is 16.2. The number of hydrogen-bond acceptors (Lipinski definition) is 7. The van der Waals surface area contributed by atoms with Gasteiger partial charge in [-0.1, -0.05) is 0 Å². The predicted molar refractivity (Wildman–Crippen MR) is 130 cm³/mol. The molecular formula is C24H28N6O4. The molecule has 2 N–H and O–H groups in total. The van der Waals surface area contributed by atoms with E-state index in [1.165, 1.54) is 0 Å². The van der Waals surface area contributed by atoms with Crippen LogP contribution in [0.1, 0.15) is 39.0 Å². The van der Waals surface area contributed by atoms with Crippen LogP contribution >= 0.6 is 0 Å². The van der Waals surface area contributed by atoms with E-state index in [2.05, 4.69) is 25.1 Å². The predicted octanol–water partition coefficient (Wildman–Crippen LogP) is 0.907. The molecule has 0 saturated carbocycles. The molecule has 0 aliphatic carbocycles. The van der Waals surface area contributed by atoms with Gasteiger partial charge in [0.2, 0.25) is 0 Å². The average molecular weight is 465 g/mol. The fourth-order valence-corrected chi connectivity index (χ4v) is 4.49. The molecule has 0 radical (unpaired) electrons. The highest BCUT2D eigenvalue weighted by Gasteiger charge is 2.21. The fourth-order valence-electron chi connectivity index (χ4n) is 4.49. The number of carbonyl (C=O) groups is 2. The van der Waals surface area contributed by atoms with Crippen molar-refractivity contribution in [3.8, 4) is 0 Å². The summed E-state index contributed by atoms with van der Waals surface area (Å²) in [5.41, 5.74) is 2.81. The number of fused-ring (bicyclic) bond motifs is 1. The molecule has 1 saturated heterocycles. The van der Waals surface area contributed by atoms with Crippen LogP contribution in [0, 0.1) is 6.92 Å². The molecule has 34 heavy (non-hydrogen) atoms. The molecule has 3 heterocycles. The van der Waals surface area contributed by atoms with E-state index in [1.807, 2.05) is 13.0 Å². The van der Waals surface area contributed by atoms with Crippen molar-refractivity contribution in [3.63, 3.8) is 0 Å². The minimum absolute atomic E-state index is 0.209. The minimum atomic E-state index is -0.478. The van der Waals surface area contributed by atoms with Gasteiger partial charge in [0, 0.05) is 51.9 Å². The van der Waals surface area contributed by atoms with Gasteiger partial charge in [-0.25, -0.2) is 9.78 Å². The van der Waals surface area contributed by atoms with Gasteiger partial charge in [-0.2, -0.15) is 0 Å². The van der Waals surface area contributed by atoms with Crippen LogP contribution in [-0.2, 0) is 13.1 Å². The maximum atomic E-state index is 12.7. The number of aldehydes is 1. The number of anilines is 1. The molecule has 0 spiro atoms. The van der Waals surface area contributed by atoms with E-state index in [0.29, 0.717) is 24.0 Å². The van der Waals surface area contributed by atoms with Gasteiger partial charge in [0.15, 0.2) is 6.29 Å². The van der Waals surface area contributed by atoms with Crippen molar-refractivity contribution in [2.45, 2.75) is 26.9 Å². The average Bonchev–Trinajstić information content (AvgIpc) is 2.83. The number of carbonyl (C=O) groups excluding carboxylic acids is 2. The van der Waals surface area contributed by atoms with Gasteiger partial charge in [-0.15, -0.1) is 0 Å². The lowest BCUT2D eigenvalue weighted by Crippen LogP contribution is -2.46. The minimum Gasteiger partial charge on any atom is -0.368 e. The number of aryl methyl sites for hydroxylation is 1. The van der Waals surface area contributed by atoms with Crippen LogP contribution < -0.4 is 21.5 Å². The number of nitrogens with one attached hydrogen (secondary N) is 2. The Morgan fingerprint density at radius 1 is 1.18 bits per heavy atom. The van der Waals surface area contributed by atoms with Gasteiger partial charge in [0.25, 0.3) is 11.5 Å². The molecular weight excluding hydrogens is 436 g/mol. The summed E-state index contributed by atoms with van der Waals surface area (Å²) in [5.74, 6) is -0.209. The van der Waals surface area contributed by atoms with Crippen molar-refractivity contribution < 1.29 is 9.59 Å². The zero-order chi connectivity index (χ0) is 24.4. The lowest BCUT2D eigenvalue weighted by molar-refractivity contribution is 0.0957. The fraction of sp³-hybridized carbons (Fsp3) is 0.375. The first kappa shape index (κ1) is 23.4. The summed E-state index contributed by atoms with van der Waals surface area (Å²) < 4.78 is 1.09. The number of nitrogens with zero attached hydrogens (tertiary/aromatic N) is 4. The second kappa shape index (κ2) is 9.60. The van der Waals surface area contributed by atoms with Crippen molar-refractivity contribution in [1.82, 2.24) is 24.8 Å². The Balaban J connectivity index is 1.51. The Morgan fingerprint density at radius 3 is 2.53 bits per heavy atom. The molecule has 1 aliphatic heterocycles. The zero-order valence-corrected chi connectivity index (χ0v) is 19.6. The number of aromatic amines is 1. The smallest absolute Gasteiger partial charge is 0.328 e. The third-order valence-electron chi connectivity index (χ3n) is 6.25. The Bertz CT molecular complexity index is 1370. The molecule has 2 aromatic heterocycles. The van der Waals surface area contributed by atoms with E-state index in [4.69, 9.17) is 0 Å². The third kappa shape index (κ3) is 4.36. The van der Waals surface area contributed by atoms with E-state index >= 15 is 0 Å². The highest BCUT2D eigenvalue weighted by molar-refractivity contribution is 5.96. The number of rotatable bonds is 6. The van der Waals surface area contributed by atoms with E-state index < -0.39 is 11.2 Å². The largest absolute Gasteiger partial charge is 0.368 e. The van der Waals surface area contributed by atoms with Crippen LogP contribution in [0.15, 0.2) is 33.9 Å². The van der Waals surface area contributed by atoms with Crippen LogP contribution in [0.3, 0.4) is 0 Å². The molecule has 0 unspecified atom stereocenters. The number of amides is 1. The standard InChI is InChI=1S/C24H28N6O4/c1-4-30-23(33)21-17(14-31)11-16(12-19(21)27-24(30)34)13-28-7-9-29(10-8-28)20-6-5-18(22(32)25-3)26-15(20)2/h5-6,11-12,14H,4,7-10,13H2,1-3H3,(H,25,32)(H,27,34). The maximum absolute atomic E-state index is 12.7. The summed E-state index contributed by atoms with van der Waals surface area (Å²) >= 11 is 0. The van der Waals surface area contributed by atoms with Crippen LogP contribution in [0.2, 0.25) is 0 Å². The summed E-state index contributed by atoms with van der Waals surface area (Å²) in [6, 6.07) is 7.18. The van der Waals surface area contributed by atoms with Crippen molar-refractivity contribution in [2.75, 3.05) is 38.1 Å². The first-order valence-corrected chi connectivity index (χ1v) is 11.3. The van der Waals surface area contributed by atoms with E-state index in [0.717, 1.165) is 47.7 Å². The Labute approximate surface area is 196 Å². The maximum Gasteiger partial charge on any atom is 0.328 e. The molecule has 0 atom stereocenters. The molecule has 178 valence electrons. The summed E-state index contributed by atoms with van der Waals surface area (Å²) in [6.07, 6.45) is 0.668. The van der Waals surface area contributed by atoms with Gasteiger partial charge in [-0.3, -0.25) is 23.9 Å². The number of pyridine rings is 1. The summed E-state index contributed by atoms with van der Waals surface area (Å²) in [4.78, 5) is 60.1. The molecule has 3 aromatic rings. The number of H-pyrrole nitrogens is 1. The first-order valence-electron chi connectivity index (χ1n) is 11.3. The molecule has 10 heteroatoms. The normalized spacial score (nSPS) is 14.4. The van der Waals surface area contributed by atoms with Crippen LogP contribution in [0.5, 0.6) is 0 Å². The van der Waals surface area contributed by atoms with Crippen molar-refractivity contribution in [3.05, 3.63) is 67.6 Å². The van der Waals surface area contributed by atoms with E-state index in [1.54, 1.807) is 32.2 Å². The van der Waals surface area contributed by atoms with Crippen molar-refractivity contribution in [1.29, 1.82) is 0 Å². The van der Waals surface area contributed by atoms with E-state index in [-0.39, 0.29) is 23.4 Å². The van der Waals surface area contributed by atoms with E-state index in [9.17, 15) is 19.2 Å². The summed E-state index contributed by atoms with van der Waals surface area (Å²) in [5, 5.41) is 2.83. The summed E-state index contributed by atoms with van der Waals surface area (Å²) in [7, 11) is 1.58. The molecule has 0 bridgehead atoms. The zero-order valence-electron chi connectivity index (χ0n) is 19.6. The third-order valence-corrected chi connectivity index (χ3v) is 6.25. The van der Waals surface area contributed by atoms with Crippen molar-refractivity contribution in [2.24, 2.45) is 0 Å². The second-order valence-electron chi connectivity index (χ2n) is 8.35. The van der Waals surface area contributed by atoms with Gasteiger partial charge in [0.1, 0.15) is 5.69 Å². The van der Waals surface area contributed by atoms with Gasteiger partial charge < -0.3 is 15.2 Å². The number of hydrogen-bond donors (Lipinski definition) is 2. The van der Waals surface area contributed by atoms with Crippen LogP contribution in [-0.4, -0.2) is 64.9 Å². The lowest BCUT2D eigenvalue weighted by Gasteiger charge is -2.36. The number of aromatic nitrogens is 3. The lowest BCUT2D eigenvalue weighted by atomic mass is 10.1. The van der Waals surface area contributed by atoms with Gasteiger partial charge in [0.05, 0.1) is 22.3 Å². The SMILES string of the molecule is CCn1c(=O)[nH]c2cc(CN3CCN(c4ccc(C(=O)NC)nc4C)CC3)cc(C=O)c2c1=O. The Morgan fingerprint density at radius 2 is 1.91 bits per heavy atom. The Hall–Kier alpha value is -3.79. The van der Waals surface area contributed by atoms with Crippen LogP contribution in [0.4, 0.5) is 5.69 Å². The molecule has 1 aliphatic rings. The molecule has 10 nitrogen and oxygen atoms in total. The highest BCUT2D eigenvalue weighted by Crippen LogP contribution is 2.22.